The number of rotatable bonds is 6. The first-order chi connectivity index (χ1) is 12.9. The second-order valence-electron chi connectivity index (χ2n) is 6.24. The Morgan fingerprint density at radius 1 is 1.00 bits per heavy atom. The first kappa shape index (κ1) is 17.1. The van der Waals surface area contributed by atoms with E-state index in [1.165, 1.54) is 17.1 Å². The van der Waals surface area contributed by atoms with Crippen LogP contribution in [0, 0.1) is 0 Å². The molecule has 4 rings (SSSR count). The Bertz CT molecular complexity index is 803. The van der Waals surface area contributed by atoms with Crippen molar-refractivity contribution in [3.63, 3.8) is 0 Å². The highest BCUT2D eigenvalue weighted by Gasteiger charge is 2.22. The average molecular weight is 366 g/mol. The number of benzene rings is 2. The Hall–Kier alpha value is -2.28. The van der Waals surface area contributed by atoms with Gasteiger partial charge in [-0.3, -0.25) is 4.90 Å². The fourth-order valence-corrected chi connectivity index (χ4v) is 3.80. The molecule has 0 aliphatic carbocycles. The van der Waals surface area contributed by atoms with Crippen LogP contribution in [-0.4, -0.2) is 47.1 Å². The van der Waals surface area contributed by atoms with Crippen molar-refractivity contribution >= 4 is 16.7 Å². The van der Waals surface area contributed by atoms with Gasteiger partial charge in [0.1, 0.15) is 0 Å². The summed E-state index contributed by atoms with van der Waals surface area (Å²) in [7, 11) is 0. The molecule has 0 spiro atoms. The lowest BCUT2D eigenvalue weighted by Crippen LogP contribution is -2.41. The van der Waals surface area contributed by atoms with Crippen LogP contribution >= 0.6 is 11.5 Å². The number of anilines is 1. The van der Waals surface area contributed by atoms with Gasteiger partial charge in [0, 0.05) is 36.7 Å². The topological polar surface area (TPSA) is 50.3 Å². The maximum absolute atomic E-state index is 5.52. The lowest BCUT2D eigenvalue weighted by molar-refractivity contribution is 0.0187. The standard InChI is InChI=1S/C20H22N4OS/c1-3-7-16(8-4-1)18(24-11-13-25-14-12-24)15-21-20-22-19(23-26-20)17-9-5-2-6-10-17/h1-10,18H,11-15H2,(H,21,22,23). The molecule has 26 heavy (non-hydrogen) atoms. The number of hydrogen-bond acceptors (Lipinski definition) is 6. The Morgan fingerprint density at radius 3 is 2.42 bits per heavy atom. The molecule has 1 atom stereocenters. The second-order valence-corrected chi connectivity index (χ2v) is 7.00. The highest BCUT2D eigenvalue weighted by Crippen LogP contribution is 2.25. The summed E-state index contributed by atoms with van der Waals surface area (Å²) >= 11 is 1.41. The van der Waals surface area contributed by atoms with E-state index in [9.17, 15) is 0 Å². The summed E-state index contributed by atoms with van der Waals surface area (Å²) in [6, 6.07) is 21.0. The van der Waals surface area contributed by atoms with E-state index in [2.05, 4.69) is 49.9 Å². The Kier molecular flexibility index (Phi) is 5.54. The molecular weight excluding hydrogens is 344 g/mol. The molecule has 0 amide bonds. The minimum atomic E-state index is 0.296. The van der Waals surface area contributed by atoms with Crippen LogP contribution < -0.4 is 5.32 Å². The smallest absolute Gasteiger partial charge is 0.202 e. The number of ether oxygens (including phenoxy) is 1. The molecule has 1 aromatic heterocycles. The summed E-state index contributed by atoms with van der Waals surface area (Å²) in [5.41, 5.74) is 2.36. The van der Waals surface area contributed by atoms with Crippen molar-refractivity contribution < 1.29 is 4.74 Å². The van der Waals surface area contributed by atoms with Gasteiger partial charge in [-0.2, -0.15) is 9.36 Å². The predicted octanol–water partition coefficient (Wildman–Crippen LogP) is 3.69. The van der Waals surface area contributed by atoms with Gasteiger partial charge in [0.2, 0.25) is 5.13 Å². The summed E-state index contributed by atoms with van der Waals surface area (Å²) in [6.07, 6.45) is 0. The van der Waals surface area contributed by atoms with Crippen molar-refractivity contribution in [2.24, 2.45) is 0 Å². The molecule has 0 radical (unpaired) electrons. The number of morpholine rings is 1. The summed E-state index contributed by atoms with van der Waals surface area (Å²) in [5, 5.41) is 4.35. The molecule has 1 fully saturated rings. The Labute approximate surface area is 157 Å². The molecule has 1 aliphatic rings. The highest BCUT2D eigenvalue weighted by atomic mass is 32.1. The van der Waals surface area contributed by atoms with Gasteiger partial charge in [-0.15, -0.1) is 0 Å². The first-order valence-corrected chi connectivity index (χ1v) is 9.67. The van der Waals surface area contributed by atoms with Crippen LogP contribution in [0.4, 0.5) is 5.13 Å². The third kappa shape index (κ3) is 4.09. The lowest BCUT2D eigenvalue weighted by Gasteiger charge is -2.34. The minimum absolute atomic E-state index is 0.296. The quantitative estimate of drug-likeness (QED) is 0.721. The van der Waals surface area contributed by atoms with Crippen molar-refractivity contribution in [3.05, 3.63) is 66.2 Å². The summed E-state index contributed by atoms with van der Waals surface area (Å²) in [5.74, 6) is 0.778. The van der Waals surface area contributed by atoms with Crippen molar-refractivity contribution in [1.82, 2.24) is 14.3 Å². The molecule has 1 unspecified atom stereocenters. The third-order valence-electron chi connectivity index (χ3n) is 4.58. The van der Waals surface area contributed by atoms with E-state index in [0.717, 1.165) is 49.4 Å². The minimum Gasteiger partial charge on any atom is -0.379 e. The molecule has 5 nitrogen and oxygen atoms in total. The zero-order valence-electron chi connectivity index (χ0n) is 14.5. The van der Waals surface area contributed by atoms with Gasteiger partial charge >= 0.3 is 0 Å². The van der Waals surface area contributed by atoms with E-state index < -0.39 is 0 Å². The molecule has 2 aromatic carbocycles. The molecule has 1 N–H and O–H groups in total. The summed E-state index contributed by atoms with van der Waals surface area (Å²) < 4.78 is 10.0. The SMILES string of the molecule is c1ccc(-c2nsc(NCC(c3ccccc3)N3CCOCC3)n2)cc1. The summed E-state index contributed by atoms with van der Waals surface area (Å²) in [4.78, 5) is 7.12. The van der Waals surface area contributed by atoms with E-state index >= 15 is 0 Å². The van der Waals surface area contributed by atoms with Gasteiger partial charge in [0.05, 0.1) is 19.3 Å². The van der Waals surface area contributed by atoms with Crippen LogP contribution in [0.2, 0.25) is 0 Å². The molecular formula is C20H22N4OS. The average Bonchev–Trinajstić information content (AvgIpc) is 3.20. The number of nitrogens with one attached hydrogen (secondary N) is 1. The van der Waals surface area contributed by atoms with E-state index in [-0.39, 0.29) is 0 Å². The highest BCUT2D eigenvalue weighted by molar-refractivity contribution is 7.09. The van der Waals surface area contributed by atoms with Crippen LogP contribution in [0.15, 0.2) is 60.7 Å². The van der Waals surface area contributed by atoms with Crippen LogP contribution in [0.25, 0.3) is 11.4 Å². The van der Waals surface area contributed by atoms with Crippen LogP contribution in [0.1, 0.15) is 11.6 Å². The summed E-state index contributed by atoms with van der Waals surface area (Å²) in [6.45, 7) is 4.28. The Balaban J connectivity index is 1.47. The van der Waals surface area contributed by atoms with E-state index in [4.69, 9.17) is 4.74 Å². The van der Waals surface area contributed by atoms with Crippen LogP contribution in [-0.2, 0) is 4.74 Å². The van der Waals surface area contributed by atoms with Gasteiger partial charge in [0.25, 0.3) is 0 Å². The molecule has 0 saturated carbocycles. The monoisotopic (exact) mass is 366 g/mol. The van der Waals surface area contributed by atoms with Crippen molar-refractivity contribution in [2.75, 3.05) is 38.2 Å². The first-order valence-electron chi connectivity index (χ1n) is 8.90. The maximum Gasteiger partial charge on any atom is 0.202 e. The molecule has 6 heteroatoms. The molecule has 3 aromatic rings. The normalized spacial score (nSPS) is 16.3. The Morgan fingerprint density at radius 2 is 1.69 bits per heavy atom. The largest absolute Gasteiger partial charge is 0.379 e. The van der Waals surface area contributed by atoms with Gasteiger partial charge in [-0.1, -0.05) is 60.7 Å². The zero-order chi connectivity index (χ0) is 17.6. The molecule has 134 valence electrons. The molecule has 2 heterocycles. The second kappa shape index (κ2) is 8.40. The van der Waals surface area contributed by atoms with Gasteiger partial charge in [0.15, 0.2) is 5.82 Å². The van der Waals surface area contributed by atoms with E-state index in [0.29, 0.717) is 6.04 Å². The van der Waals surface area contributed by atoms with Crippen molar-refractivity contribution in [3.8, 4) is 11.4 Å². The lowest BCUT2D eigenvalue weighted by atomic mass is 10.0. The van der Waals surface area contributed by atoms with Crippen LogP contribution in [0.5, 0.6) is 0 Å². The van der Waals surface area contributed by atoms with Gasteiger partial charge < -0.3 is 10.1 Å². The van der Waals surface area contributed by atoms with Gasteiger partial charge in [-0.25, -0.2) is 0 Å². The fourth-order valence-electron chi connectivity index (χ4n) is 3.21. The third-order valence-corrected chi connectivity index (χ3v) is 5.25. The maximum atomic E-state index is 5.52. The van der Waals surface area contributed by atoms with E-state index in [1.807, 2.05) is 30.3 Å². The van der Waals surface area contributed by atoms with Crippen molar-refractivity contribution in [2.45, 2.75) is 6.04 Å². The fraction of sp³-hybridized carbons (Fsp3) is 0.300. The molecule has 1 aliphatic heterocycles. The number of aromatic nitrogens is 2. The van der Waals surface area contributed by atoms with Crippen LogP contribution in [0.3, 0.4) is 0 Å². The van der Waals surface area contributed by atoms with Crippen molar-refractivity contribution in [1.29, 1.82) is 0 Å². The van der Waals surface area contributed by atoms with Gasteiger partial charge in [-0.05, 0) is 5.56 Å². The molecule has 0 bridgehead atoms. The zero-order valence-corrected chi connectivity index (χ0v) is 15.4. The molecule has 1 saturated heterocycles. The van der Waals surface area contributed by atoms with E-state index in [1.54, 1.807) is 0 Å². The number of hydrogen-bond donors (Lipinski definition) is 1. The predicted molar refractivity (Wildman–Crippen MR) is 105 cm³/mol. The number of nitrogens with zero attached hydrogens (tertiary/aromatic N) is 3.